The molecule has 1 saturated heterocycles. The second kappa shape index (κ2) is 11.6. The molecule has 1 atom stereocenters. The van der Waals surface area contributed by atoms with E-state index in [1.807, 2.05) is 13.8 Å². The predicted octanol–water partition coefficient (Wildman–Crippen LogP) is 3.60. The number of hydrogen-bond donors (Lipinski definition) is 1. The number of rotatable bonds is 3. The summed E-state index contributed by atoms with van der Waals surface area (Å²) < 4.78 is 0. The lowest BCUT2D eigenvalue weighted by Crippen LogP contribution is -2.20. The van der Waals surface area contributed by atoms with Crippen molar-refractivity contribution in [3.05, 3.63) is 0 Å². The molecule has 1 heterocycles. The summed E-state index contributed by atoms with van der Waals surface area (Å²) in [6, 6.07) is 0. The van der Waals surface area contributed by atoms with Gasteiger partial charge in [-0.3, -0.25) is 0 Å². The van der Waals surface area contributed by atoms with E-state index in [1.165, 1.54) is 51.6 Å². The molecule has 1 N–H and O–H groups in total. The molecule has 88 valence electrons. The Morgan fingerprint density at radius 2 is 1.93 bits per heavy atom. The Morgan fingerprint density at radius 1 is 1.20 bits per heavy atom. The third-order valence-corrected chi connectivity index (χ3v) is 2.86. The van der Waals surface area contributed by atoms with Gasteiger partial charge >= 0.3 is 0 Å². The fourth-order valence-electron chi connectivity index (χ4n) is 1.83. The monoisotopic (exact) mass is 209 g/mol. The lowest BCUT2D eigenvalue weighted by atomic mass is 9.97. The molecule has 0 aromatic rings. The fraction of sp³-hybridized carbons (Fsp3) is 0.857. The van der Waals surface area contributed by atoms with Gasteiger partial charge in [0.25, 0.3) is 0 Å². The van der Waals surface area contributed by atoms with Crippen molar-refractivity contribution >= 4 is 0 Å². The van der Waals surface area contributed by atoms with Gasteiger partial charge in [0.05, 0.1) is 0 Å². The van der Waals surface area contributed by atoms with Gasteiger partial charge < -0.3 is 5.32 Å². The van der Waals surface area contributed by atoms with Crippen molar-refractivity contribution in [2.24, 2.45) is 5.92 Å². The Balaban J connectivity index is 0.000000423. The third-order valence-electron chi connectivity index (χ3n) is 2.86. The first-order valence-electron chi connectivity index (χ1n) is 6.39. The highest BCUT2D eigenvalue weighted by Gasteiger charge is 2.10. The van der Waals surface area contributed by atoms with Crippen LogP contribution >= 0.6 is 0 Å². The molecule has 1 fully saturated rings. The Kier molecular flexibility index (Phi) is 11.2. The van der Waals surface area contributed by atoms with Gasteiger partial charge in [-0.15, -0.1) is 11.8 Å². The van der Waals surface area contributed by atoms with E-state index in [1.54, 1.807) is 0 Å². The average molecular weight is 209 g/mol. The Bertz CT molecular complexity index is 162. The minimum Gasteiger partial charge on any atom is -0.316 e. The lowest BCUT2D eigenvalue weighted by molar-refractivity contribution is 0.431. The zero-order chi connectivity index (χ0) is 11.4. The van der Waals surface area contributed by atoms with E-state index in [0.29, 0.717) is 0 Å². The minimum absolute atomic E-state index is 0.984. The second-order valence-electron chi connectivity index (χ2n) is 4.21. The van der Waals surface area contributed by atoms with Gasteiger partial charge in [0, 0.05) is 0 Å². The van der Waals surface area contributed by atoms with Crippen molar-refractivity contribution in [2.75, 3.05) is 13.1 Å². The summed E-state index contributed by atoms with van der Waals surface area (Å²) in [5, 5.41) is 3.51. The van der Waals surface area contributed by atoms with Gasteiger partial charge in [0.2, 0.25) is 0 Å². The maximum Gasteiger partial charge on any atom is -0.00205 e. The van der Waals surface area contributed by atoms with Gasteiger partial charge in [0.1, 0.15) is 0 Å². The maximum absolute atomic E-state index is 3.51. The van der Waals surface area contributed by atoms with Gasteiger partial charge in [-0.05, 0) is 52.1 Å². The molecular formula is C14H27N. The molecule has 0 radical (unpaired) electrons. The topological polar surface area (TPSA) is 12.0 Å². The fourth-order valence-corrected chi connectivity index (χ4v) is 1.83. The standard InChI is InChI=1S/C10H21N.C4H6/c1-2-3-6-10-7-4-5-8-11-9-10;1-3-4-2/h10-11H,2-9H2,1H3;1-2H3. The first-order chi connectivity index (χ1) is 7.35. The molecule has 1 aliphatic rings. The summed E-state index contributed by atoms with van der Waals surface area (Å²) in [6.07, 6.45) is 8.53. The molecule has 1 aliphatic heterocycles. The van der Waals surface area contributed by atoms with Crippen LogP contribution in [0.1, 0.15) is 59.3 Å². The van der Waals surface area contributed by atoms with Crippen LogP contribution < -0.4 is 5.32 Å². The number of unbranched alkanes of at least 4 members (excludes halogenated alkanes) is 1. The molecule has 1 unspecified atom stereocenters. The molecule has 15 heavy (non-hydrogen) atoms. The Labute approximate surface area is 96.0 Å². The predicted molar refractivity (Wildman–Crippen MR) is 68.9 cm³/mol. The van der Waals surface area contributed by atoms with Crippen molar-refractivity contribution in [2.45, 2.75) is 59.3 Å². The highest BCUT2D eigenvalue weighted by molar-refractivity contribution is 4.89. The largest absolute Gasteiger partial charge is 0.316 e. The highest BCUT2D eigenvalue weighted by Crippen LogP contribution is 2.16. The SMILES string of the molecule is CC#CC.CCCCC1CCCCNC1. The first kappa shape index (κ1) is 14.5. The molecule has 0 saturated carbocycles. The number of nitrogens with one attached hydrogen (secondary N) is 1. The lowest BCUT2D eigenvalue weighted by Gasteiger charge is -2.12. The Hall–Kier alpha value is -0.480. The summed E-state index contributed by atoms with van der Waals surface area (Å²) in [5.41, 5.74) is 0. The highest BCUT2D eigenvalue weighted by atomic mass is 14.9. The van der Waals surface area contributed by atoms with Gasteiger partial charge in [0.15, 0.2) is 0 Å². The first-order valence-corrected chi connectivity index (χ1v) is 6.39. The van der Waals surface area contributed by atoms with Crippen molar-refractivity contribution in [3.8, 4) is 11.8 Å². The van der Waals surface area contributed by atoms with E-state index in [-0.39, 0.29) is 0 Å². The summed E-state index contributed by atoms with van der Waals surface area (Å²) in [7, 11) is 0. The van der Waals surface area contributed by atoms with Crippen LogP contribution in [0.4, 0.5) is 0 Å². The summed E-state index contributed by atoms with van der Waals surface area (Å²) in [6.45, 7) is 8.45. The zero-order valence-electron chi connectivity index (χ0n) is 10.7. The molecule has 1 rings (SSSR count). The van der Waals surface area contributed by atoms with Gasteiger partial charge in [-0.2, -0.15) is 0 Å². The molecule has 0 bridgehead atoms. The van der Waals surface area contributed by atoms with E-state index >= 15 is 0 Å². The summed E-state index contributed by atoms with van der Waals surface area (Å²) >= 11 is 0. The van der Waals surface area contributed by atoms with E-state index in [4.69, 9.17) is 0 Å². The zero-order valence-corrected chi connectivity index (χ0v) is 10.7. The van der Waals surface area contributed by atoms with Crippen LogP contribution in [0.15, 0.2) is 0 Å². The molecule has 0 amide bonds. The van der Waals surface area contributed by atoms with Crippen LogP contribution in [0.25, 0.3) is 0 Å². The number of hydrogen-bond acceptors (Lipinski definition) is 1. The summed E-state index contributed by atoms with van der Waals surface area (Å²) in [4.78, 5) is 0. The maximum atomic E-state index is 3.51. The Morgan fingerprint density at radius 3 is 2.53 bits per heavy atom. The molecule has 0 aromatic carbocycles. The minimum atomic E-state index is 0.984. The van der Waals surface area contributed by atoms with Crippen LogP contribution in [0.5, 0.6) is 0 Å². The molecule has 1 nitrogen and oxygen atoms in total. The van der Waals surface area contributed by atoms with E-state index in [0.717, 1.165) is 5.92 Å². The van der Waals surface area contributed by atoms with Crippen LogP contribution in [0.3, 0.4) is 0 Å². The van der Waals surface area contributed by atoms with Crippen molar-refractivity contribution in [1.82, 2.24) is 5.32 Å². The average Bonchev–Trinajstić information content (AvgIpc) is 2.55. The molecule has 0 aliphatic carbocycles. The molecule has 0 spiro atoms. The van der Waals surface area contributed by atoms with Crippen molar-refractivity contribution < 1.29 is 0 Å². The quantitative estimate of drug-likeness (QED) is 0.700. The van der Waals surface area contributed by atoms with Crippen molar-refractivity contribution in [1.29, 1.82) is 0 Å². The molecule has 1 heteroatoms. The second-order valence-corrected chi connectivity index (χ2v) is 4.21. The molecular weight excluding hydrogens is 182 g/mol. The van der Waals surface area contributed by atoms with E-state index in [9.17, 15) is 0 Å². The third kappa shape index (κ3) is 9.82. The van der Waals surface area contributed by atoms with E-state index in [2.05, 4.69) is 24.1 Å². The smallest absolute Gasteiger partial charge is 0.00205 e. The van der Waals surface area contributed by atoms with Crippen LogP contribution in [-0.4, -0.2) is 13.1 Å². The summed E-state index contributed by atoms with van der Waals surface area (Å²) in [5.74, 6) is 6.34. The van der Waals surface area contributed by atoms with Crippen LogP contribution in [0.2, 0.25) is 0 Å². The van der Waals surface area contributed by atoms with Crippen LogP contribution in [-0.2, 0) is 0 Å². The van der Waals surface area contributed by atoms with Gasteiger partial charge in [-0.25, -0.2) is 0 Å². The van der Waals surface area contributed by atoms with Crippen molar-refractivity contribution in [3.63, 3.8) is 0 Å². The normalized spacial score (nSPS) is 20.3. The van der Waals surface area contributed by atoms with Gasteiger partial charge in [-0.1, -0.05) is 26.2 Å². The molecule has 0 aromatic heterocycles. The van der Waals surface area contributed by atoms with E-state index < -0.39 is 0 Å². The van der Waals surface area contributed by atoms with Crippen LogP contribution in [0, 0.1) is 17.8 Å².